The van der Waals surface area contributed by atoms with Gasteiger partial charge in [0.15, 0.2) is 11.6 Å². The highest BCUT2D eigenvalue weighted by Gasteiger charge is 2.38. The molecule has 1 aromatic rings. The van der Waals surface area contributed by atoms with Crippen LogP contribution in [0.1, 0.15) is 24.4 Å². The van der Waals surface area contributed by atoms with Gasteiger partial charge in [0.2, 0.25) is 0 Å². The summed E-state index contributed by atoms with van der Waals surface area (Å²) in [4.78, 5) is 1.33. The Morgan fingerprint density at radius 1 is 1.38 bits per heavy atom. The fourth-order valence-electron chi connectivity index (χ4n) is 2.28. The van der Waals surface area contributed by atoms with E-state index in [2.05, 4.69) is 0 Å². The molecule has 3 nitrogen and oxygen atoms in total. The van der Waals surface area contributed by atoms with Gasteiger partial charge in [-0.25, -0.2) is 4.39 Å². The number of nitrogens with two attached hydrogens (primary N) is 1. The third-order valence-corrected chi connectivity index (χ3v) is 3.48. The van der Waals surface area contributed by atoms with Crippen molar-refractivity contribution < 1.29 is 22.3 Å². The van der Waals surface area contributed by atoms with Crippen molar-refractivity contribution in [2.45, 2.75) is 31.1 Å². The van der Waals surface area contributed by atoms with Gasteiger partial charge in [0.05, 0.1) is 13.7 Å². The molecule has 0 amide bonds. The summed E-state index contributed by atoms with van der Waals surface area (Å²) < 4.78 is 56.1. The summed E-state index contributed by atoms with van der Waals surface area (Å²) in [6.07, 6.45) is -2.76. The molecule has 1 aliphatic carbocycles. The predicted molar refractivity (Wildman–Crippen MR) is 70.5 cm³/mol. The molecule has 7 heteroatoms. The molecule has 0 radical (unpaired) electrons. The van der Waals surface area contributed by atoms with Crippen molar-refractivity contribution in [1.29, 1.82) is 0 Å². The quantitative estimate of drug-likeness (QED) is 0.821. The summed E-state index contributed by atoms with van der Waals surface area (Å²) in [6, 6.07) is 3.47. The van der Waals surface area contributed by atoms with Crippen LogP contribution >= 0.6 is 0 Å². The van der Waals surface area contributed by atoms with E-state index in [1.807, 2.05) is 0 Å². The summed E-state index contributed by atoms with van der Waals surface area (Å²) in [6.45, 7) is -0.931. The number of hydrogen-bond donors (Lipinski definition) is 1. The highest BCUT2D eigenvalue weighted by atomic mass is 19.4. The lowest BCUT2D eigenvalue weighted by Crippen LogP contribution is -2.40. The van der Waals surface area contributed by atoms with Crippen LogP contribution in [0.25, 0.3) is 0 Å². The Bertz CT molecular complexity index is 488. The average Bonchev–Trinajstić information content (AvgIpc) is 3.20. The first-order chi connectivity index (χ1) is 9.80. The normalized spacial score (nSPS) is 17.1. The second-order valence-corrected chi connectivity index (χ2v) is 5.28. The van der Waals surface area contributed by atoms with Crippen molar-refractivity contribution in [2.75, 3.05) is 20.2 Å². The minimum atomic E-state index is -4.26. The highest BCUT2D eigenvalue weighted by Crippen LogP contribution is 2.31. The van der Waals surface area contributed by atoms with Crippen molar-refractivity contribution >= 4 is 0 Å². The Labute approximate surface area is 120 Å². The van der Waals surface area contributed by atoms with Crippen LogP contribution < -0.4 is 10.5 Å². The zero-order valence-electron chi connectivity index (χ0n) is 11.7. The molecule has 1 saturated carbocycles. The number of alkyl halides is 3. The van der Waals surface area contributed by atoms with E-state index in [1.54, 1.807) is 6.07 Å². The molecule has 1 aromatic carbocycles. The van der Waals surface area contributed by atoms with E-state index in [0.29, 0.717) is 5.56 Å². The molecular weight excluding hydrogens is 288 g/mol. The summed E-state index contributed by atoms with van der Waals surface area (Å²) in [5.74, 6) is -0.487. The first-order valence-electron chi connectivity index (χ1n) is 6.70. The van der Waals surface area contributed by atoms with E-state index in [1.165, 1.54) is 24.1 Å². The third kappa shape index (κ3) is 4.57. The van der Waals surface area contributed by atoms with Gasteiger partial charge in [-0.15, -0.1) is 0 Å². The summed E-state index contributed by atoms with van der Waals surface area (Å²) in [7, 11) is 1.34. The molecule has 2 N–H and O–H groups in total. The van der Waals surface area contributed by atoms with Crippen LogP contribution in [0.2, 0.25) is 0 Å². The minimum Gasteiger partial charge on any atom is -0.494 e. The zero-order chi connectivity index (χ0) is 15.6. The van der Waals surface area contributed by atoms with E-state index >= 15 is 0 Å². The summed E-state index contributed by atoms with van der Waals surface area (Å²) in [5.41, 5.74) is 6.38. The molecule has 1 atom stereocenters. The number of methoxy groups -OCH3 is 1. The molecule has 0 aliphatic heterocycles. The molecule has 1 unspecified atom stereocenters. The van der Waals surface area contributed by atoms with Crippen LogP contribution in [0.3, 0.4) is 0 Å². The molecule has 118 valence electrons. The number of hydrogen-bond acceptors (Lipinski definition) is 3. The Balaban J connectivity index is 2.04. The lowest BCUT2D eigenvalue weighted by molar-refractivity contribution is -0.147. The SMILES string of the molecule is COc1ccc(C(N)CN(CC(F)(F)F)C2CC2)cc1F. The maximum absolute atomic E-state index is 13.6. The smallest absolute Gasteiger partial charge is 0.401 e. The molecule has 1 fully saturated rings. The van der Waals surface area contributed by atoms with Crippen molar-refractivity contribution in [3.8, 4) is 5.75 Å². The van der Waals surface area contributed by atoms with Crippen molar-refractivity contribution in [3.05, 3.63) is 29.6 Å². The number of rotatable bonds is 6. The van der Waals surface area contributed by atoms with Gasteiger partial charge in [-0.05, 0) is 30.5 Å². The van der Waals surface area contributed by atoms with Crippen LogP contribution in [0, 0.1) is 5.82 Å². The lowest BCUT2D eigenvalue weighted by atomic mass is 10.1. The van der Waals surface area contributed by atoms with Gasteiger partial charge in [0.25, 0.3) is 0 Å². The highest BCUT2D eigenvalue weighted by molar-refractivity contribution is 5.31. The summed E-state index contributed by atoms with van der Waals surface area (Å²) in [5, 5.41) is 0. The number of halogens is 4. The number of benzene rings is 1. The van der Waals surface area contributed by atoms with Gasteiger partial charge in [0.1, 0.15) is 0 Å². The molecule has 0 bridgehead atoms. The van der Waals surface area contributed by atoms with Gasteiger partial charge >= 0.3 is 6.18 Å². The molecule has 21 heavy (non-hydrogen) atoms. The van der Waals surface area contributed by atoms with Gasteiger partial charge < -0.3 is 10.5 Å². The van der Waals surface area contributed by atoms with E-state index in [0.717, 1.165) is 12.8 Å². The molecule has 0 spiro atoms. The monoisotopic (exact) mass is 306 g/mol. The van der Waals surface area contributed by atoms with Crippen LogP contribution in [0.15, 0.2) is 18.2 Å². The second-order valence-electron chi connectivity index (χ2n) is 5.28. The van der Waals surface area contributed by atoms with Crippen LogP contribution in [0.5, 0.6) is 5.75 Å². The topological polar surface area (TPSA) is 38.5 Å². The van der Waals surface area contributed by atoms with Gasteiger partial charge in [-0.3, -0.25) is 4.90 Å². The lowest BCUT2D eigenvalue weighted by Gasteiger charge is -2.26. The summed E-state index contributed by atoms with van der Waals surface area (Å²) >= 11 is 0. The molecule has 2 rings (SSSR count). The van der Waals surface area contributed by atoms with E-state index in [4.69, 9.17) is 10.5 Å². The standard InChI is InChI=1S/C14H18F4N2O/c1-21-13-5-2-9(6-11(13)15)12(19)7-20(10-3-4-10)8-14(16,17)18/h2,5-6,10,12H,3-4,7-8,19H2,1H3. The first kappa shape index (κ1) is 16.0. The Kier molecular flexibility index (Phi) is 4.73. The Hall–Kier alpha value is -1.34. The third-order valence-electron chi connectivity index (χ3n) is 3.48. The maximum atomic E-state index is 13.6. The first-order valence-corrected chi connectivity index (χ1v) is 6.70. The minimum absolute atomic E-state index is 0.0515. The van der Waals surface area contributed by atoms with E-state index < -0.39 is 24.6 Å². The van der Waals surface area contributed by atoms with Crippen LogP contribution in [-0.2, 0) is 0 Å². The van der Waals surface area contributed by atoms with Crippen LogP contribution in [0.4, 0.5) is 17.6 Å². The van der Waals surface area contributed by atoms with Crippen molar-refractivity contribution in [3.63, 3.8) is 0 Å². The molecular formula is C14H18F4N2O. The molecule has 1 aliphatic rings. The molecule has 0 saturated heterocycles. The molecule has 0 heterocycles. The fourth-order valence-corrected chi connectivity index (χ4v) is 2.28. The van der Waals surface area contributed by atoms with Gasteiger partial charge in [0, 0.05) is 18.6 Å². The zero-order valence-corrected chi connectivity index (χ0v) is 11.7. The predicted octanol–water partition coefficient (Wildman–Crippen LogP) is 2.86. The van der Waals surface area contributed by atoms with E-state index in [9.17, 15) is 17.6 Å². The fraction of sp³-hybridized carbons (Fsp3) is 0.571. The maximum Gasteiger partial charge on any atom is 0.401 e. The largest absolute Gasteiger partial charge is 0.494 e. The second kappa shape index (κ2) is 6.19. The number of ether oxygens (including phenoxy) is 1. The average molecular weight is 306 g/mol. The number of nitrogens with zero attached hydrogens (tertiary/aromatic N) is 1. The Morgan fingerprint density at radius 2 is 2.05 bits per heavy atom. The van der Waals surface area contributed by atoms with Gasteiger partial charge in [-0.1, -0.05) is 6.07 Å². The molecule has 0 aromatic heterocycles. The van der Waals surface area contributed by atoms with Crippen molar-refractivity contribution in [2.24, 2.45) is 5.73 Å². The van der Waals surface area contributed by atoms with Gasteiger partial charge in [-0.2, -0.15) is 13.2 Å². The van der Waals surface area contributed by atoms with Crippen molar-refractivity contribution in [1.82, 2.24) is 4.90 Å². The Morgan fingerprint density at radius 3 is 2.52 bits per heavy atom. The van der Waals surface area contributed by atoms with Crippen LogP contribution in [-0.4, -0.2) is 37.3 Å². The van der Waals surface area contributed by atoms with E-state index in [-0.39, 0.29) is 18.3 Å².